The van der Waals surface area contributed by atoms with Crippen molar-refractivity contribution in [2.24, 2.45) is 0 Å². The van der Waals surface area contributed by atoms with Gasteiger partial charge in [0.1, 0.15) is 5.75 Å². The molecule has 1 rings (SSSR count). The number of urea groups is 1. The van der Waals surface area contributed by atoms with Gasteiger partial charge < -0.3 is 15.4 Å². The summed E-state index contributed by atoms with van der Waals surface area (Å²) in [7, 11) is 1.60. The van der Waals surface area contributed by atoms with Crippen molar-refractivity contribution in [3.05, 3.63) is 28.2 Å². The summed E-state index contributed by atoms with van der Waals surface area (Å²) < 4.78 is 6.02. The van der Waals surface area contributed by atoms with Gasteiger partial charge in [0, 0.05) is 12.6 Å². The number of rotatable bonds is 6. The van der Waals surface area contributed by atoms with Crippen LogP contribution in [-0.4, -0.2) is 32.1 Å². The third kappa shape index (κ3) is 5.73. The van der Waals surface area contributed by atoms with Crippen LogP contribution in [0.5, 0.6) is 5.75 Å². The number of carbonyl (C=O) groups is 2. The topological polar surface area (TPSA) is 79.5 Å². The maximum absolute atomic E-state index is 11.6. The van der Waals surface area contributed by atoms with E-state index in [9.17, 15) is 9.59 Å². The fourth-order valence-corrected chi connectivity index (χ4v) is 2.25. The number of amides is 3. The number of ether oxygens (including phenoxy) is 1. The Morgan fingerprint density at radius 3 is 2.67 bits per heavy atom. The van der Waals surface area contributed by atoms with E-state index in [1.54, 1.807) is 14.0 Å². The van der Waals surface area contributed by atoms with Gasteiger partial charge in [-0.05, 0) is 47.5 Å². The summed E-state index contributed by atoms with van der Waals surface area (Å²) in [6, 6.07) is 5.18. The molecule has 0 spiro atoms. The molecule has 116 valence electrons. The third-order valence-electron chi connectivity index (χ3n) is 2.83. The van der Waals surface area contributed by atoms with E-state index >= 15 is 0 Å². The molecule has 0 aliphatic carbocycles. The van der Waals surface area contributed by atoms with Crippen molar-refractivity contribution in [1.82, 2.24) is 16.0 Å². The third-order valence-corrected chi connectivity index (χ3v) is 3.45. The van der Waals surface area contributed by atoms with Crippen LogP contribution in [0.25, 0.3) is 0 Å². The van der Waals surface area contributed by atoms with Crippen LogP contribution >= 0.6 is 15.9 Å². The van der Waals surface area contributed by atoms with Gasteiger partial charge in [-0.15, -0.1) is 0 Å². The average Bonchev–Trinajstić information content (AvgIpc) is 2.44. The second-order valence-electron chi connectivity index (χ2n) is 4.40. The van der Waals surface area contributed by atoms with E-state index in [2.05, 4.69) is 31.9 Å². The zero-order valence-corrected chi connectivity index (χ0v) is 13.9. The molecule has 0 bridgehead atoms. The van der Waals surface area contributed by atoms with E-state index in [-0.39, 0.29) is 18.5 Å². The molecule has 0 radical (unpaired) electrons. The maximum atomic E-state index is 11.6. The molecule has 0 aliphatic heterocycles. The number of halogens is 1. The highest BCUT2D eigenvalue weighted by atomic mass is 79.9. The van der Waals surface area contributed by atoms with Gasteiger partial charge in [-0.25, -0.2) is 4.79 Å². The predicted octanol–water partition coefficient (Wildman–Crippen LogP) is 1.95. The van der Waals surface area contributed by atoms with E-state index in [1.807, 2.05) is 25.1 Å². The highest BCUT2D eigenvalue weighted by molar-refractivity contribution is 9.10. The fraction of sp³-hybridized carbons (Fsp3) is 0.429. The first-order valence-corrected chi connectivity index (χ1v) is 7.41. The largest absolute Gasteiger partial charge is 0.496 e. The Morgan fingerprint density at radius 2 is 2.10 bits per heavy atom. The van der Waals surface area contributed by atoms with Crippen molar-refractivity contribution in [2.75, 3.05) is 20.2 Å². The van der Waals surface area contributed by atoms with Crippen molar-refractivity contribution in [3.63, 3.8) is 0 Å². The fourth-order valence-electron chi connectivity index (χ4n) is 1.69. The van der Waals surface area contributed by atoms with Gasteiger partial charge in [0.25, 0.3) is 0 Å². The average molecular weight is 358 g/mol. The summed E-state index contributed by atoms with van der Waals surface area (Å²) in [5.74, 6) is 0.375. The lowest BCUT2D eigenvalue weighted by atomic mass is 10.1. The first-order valence-electron chi connectivity index (χ1n) is 6.62. The molecular formula is C14H20BrN3O3. The lowest BCUT2D eigenvalue weighted by Crippen LogP contribution is -2.43. The van der Waals surface area contributed by atoms with Crippen molar-refractivity contribution in [3.8, 4) is 5.75 Å². The molecule has 0 heterocycles. The Kier molecular flexibility index (Phi) is 7.18. The van der Waals surface area contributed by atoms with Gasteiger partial charge in [-0.2, -0.15) is 0 Å². The molecule has 0 aliphatic rings. The van der Waals surface area contributed by atoms with E-state index < -0.39 is 6.03 Å². The van der Waals surface area contributed by atoms with Crippen LogP contribution in [0.4, 0.5) is 4.79 Å². The quantitative estimate of drug-likeness (QED) is 0.726. The molecule has 0 saturated heterocycles. The summed E-state index contributed by atoms with van der Waals surface area (Å²) in [5.41, 5.74) is 1.01. The molecule has 3 amide bonds. The molecule has 6 nitrogen and oxygen atoms in total. The number of benzene rings is 1. The number of nitrogens with one attached hydrogen (secondary N) is 3. The molecule has 0 fully saturated rings. The van der Waals surface area contributed by atoms with Gasteiger partial charge in [0.2, 0.25) is 5.91 Å². The minimum absolute atomic E-state index is 0.0350. The lowest BCUT2D eigenvalue weighted by molar-refractivity contribution is -0.119. The van der Waals surface area contributed by atoms with Crippen LogP contribution < -0.4 is 20.7 Å². The summed E-state index contributed by atoms with van der Waals surface area (Å²) in [5, 5.41) is 7.79. The molecule has 3 N–H and O–H groups in total. The Hall–Kier alpha value is -1.60. The SMILES string of the molecule is CCNC(=O)NC(=O)CN[C@H](C)c1ccc(OC)c(Br)c1. The lowest BCUT2D eigenvalue weighted by Gasteiger charge is -2.15. The number of carbonyl (C=O) groups excluding carboxylic acids is 2. The van der Waals surface area contributed by atoms with Gasteiger partial charge in [-0.3, -0.25) is 10.1 Å². The van der Waals surface area contributed by atoms with Crippen LogP contribution in [0, 0.1) is 0 Å². The van der Waals surface area contributed by atoms with Crippen molar-refractivity contribution in [2.45, 2.75) is 19.9 Å². The van der Waals surface area contributed by atoms with E-state index in [0.717, 1.165) is 15.8 Å². The second-order valence-corrected chi connectivity index (χ2v) is 5.26. The standard InChI is InChI=1S/C14H20BrN3O3/c1-4-16-14(20)18-13(19)8-17-9(2)10-5-6-12(21-3)11(15)7-10/h5-7,9,17H,4,8H2,1-3H3,(H2,16,18,19,20)/t9-/m1/s1. The maximum Gasteiger partial charge on any atom is 0.321 e. The zero-order valence-electron chi connectivity index (χ0n) is 12.3. The number of imide groups is 1. The first-order chi connectivity index (χ1) is 9.97. The van der Waals surface area contributed by atoms with Gasteiger partial charge >= 0.3 is 6.03 Å². The number of hydrogen-bond donors (Lipinski definition) is 3. The second kappa shape index (κ2) is 8.63. The number of methoxy groups -OCH3 is 1. The van der Waals surface area contributed by atoms with Crippen molar-refractivity contribution in [1.29, 1.82) is 0 Å². The highest BCUT2D eigenvalue weighted by Crippen LogP contribution is 2.27. The zero-order chi connectivity index (χ0) is 15.8. The normalized spacial score (nSPS) is 11.6. The summed E-state index contributed by atoms with van der Waals surface area (Å²) in [6.07, 6.45) is 0. The van der Waals surface area contributed by atoms with Crippen LogP contribution in [0.3, 0.4) is 0 Å². The molecule has 1 aromatic rings. The Balaban J connectivity index is 2.50. The molecule has 7 heteroatoms. The minimum atomic E-state index is -0.482. The predicted molar refractivity (Wildman–Crippen MR) is 84.3 cm³/mol. The number of hydrogen-bond acceptors (Lipinski definition) is 4. The summed E-state index contributed by atoms with van der Waals surface area (Å²) >= 11 is 3.42. The van der Waals surface area contributed by atoms with Gasteiger partial charge in [-0.1, -0.05) is 6.07 Å². The molecule has 0 unspecified atom stereocenters. The van der Waals surface area contributed by atoms with Crippen molar-refractivity contribution < 1.29 is 14.3 Å². The Labute approximate surface area is 132 Å². The van der Waals surface area contributed by atoms with Crippen LogP contribution in [-0.2, 0) is 4.79 Å². The van der Waals surface area contributed by atoms with E-state index in [4.69, 9.17) is 4.74 Å². The molecule has 1 atom stereocenters. The first kappa shape index (κ1) is 17.5. The molecule has 21 heavy (non-hydrogen) atoms. The van der Waals surface area contributed by atoms with E-state index in [0.29, 0.717) is 6.54 Å². The smallest absolute Gasteiger partial charge is 0.321 e. The summed E-state index contributed by atoms with van der Waals surface area (Å²) in [4.78, 5) is 22.8. The molecule has 1 aromatic carbocycles. The monoisotopic (exact) mass is 357 g/mol. The molecule has 0 saturated carbocycles. The van der Waals surface area contributed by atoms with Crippen LogP contribution in [0.2, 0.25) is 0 Å². The van der Waals surface area contributed by atoms with Crippen molar-refractivity contribution >= 4 is 27.9 Å². The Morgan fingerprint density at radius 1 is 1.38 bits per heavy atom. The summed E-state index contributed by atoms with van der Waals surface area (Å²) in [6.45, 7) is 4.25. The highest BCUT2D eigenvalue weighted by Gasteiger charge is 2.11. The minimum Gasteiger partial charge on any atom is -0.496 e. The van der Waals surface area contributed by atoms with Crippen LogP contribution in [0.1, 0.15) is 25.5 Å². The van der Waals surface area contributed by atoms with Crippen LogP contribution in [0.15, 0.2) is 22.7 Å². The van der Waals surface area contributed by atoms with E-state index in [1.165, 1.54) is 0 Å². The van der Waals surface area contributed by atoms with Gasteiger partial charge in [0.15, 0.2) is 0 Å². The van der Waals surface area contributed by atoms with Gasteiger partial charge in [0.05, 0.1) is 18.1 Å². The molecular weight excluding hydrogens is 338 g/mol. The molecule has 0 aromatic heterocycles. The Bertz CT molecular complexity index is 508.